The van der Waals surface area contributed by atoms with Crippen LogP contribution in [-0.2, 0) is 21.3 Å². The van der Waals surface area contributed by atoms with Gasteiger partial charge in [0.1, 0.15) is 0 Å². The molecule has 0 saturated carbocycles. The number of fused-ring (bicyclic) bond motifs is 1. The zero-order valence-corrected chi connectivity index (χ0v) is 17.0. The van der Waals surface area contributed by atoms with Gasteiger partial charge in [-0.15, -0.1) is 0 Å². The van der Waals surface area contributed by atoms with Crippen LogP contribution in [0.2, 0.25) is 0 Å². The number of esters is 2. The van der Waals surface area contributed by atoms with Gasteiger partial charge in [-0.3, -0.25) is 4.79 Å². The van der Waals surface area contributed by atoms with E-state index in [2.05, 4.69) is 10.3 Å². The molecule has 0 aliphatic rings. The van der Waals surface area contributed by atoms with Crippen LogP contribution in [0, 0.1) is 0 Å². The number of nitrogens with one attached hydrogen (secondary N) is 2. The van der Waals surface area contributed by atoms with Crippen molar-refractivity contribution < 1.29 is 28.4 Å². The maximum Gasteiger partial charge on any atom is 0.337 e. The highest BCUT2D eigenvalue weighted by Gasteiger charge is 2.18. The van der Waals surface area contributed by atoms with Gasteiger partial charge in [-0.25, -0.2) is 19.1 Å². The van der Waals surface area contributed by atoms with Crippen molar-refractivity contribution in [3.63, 3.8) is 0 Å². The number of H-pyrrole nitrogens is 1. The Hall–Kier alpha value is -3.33. The van der Waals surface area contributed by atoms with Crippen LogP contribution in [0.25, 0.3) is 11.0 Å². The minimum Gasteiger partial charge on any atom is -0.465 e. The van der Waals surface area contributed by atoms with Gasteiger partial charge in [-0.05, 0) is 42.1 Å². The van der Waals surface area contributed by atoms with Crippen molar-refractivity contribution in [2.45, 2.75) is 5.16 Å². The summed E-state index contributed by atoms with van der Waals surface area (Å²) in [7, 11) is 4.40. The van der Waals surface area contributed by atoms with Crippen molar-refractivity contribution in [1.29, 1.82) is 0 Å². The van der Waals surface area contributed by atoms with E-state index in [1.165, 1.54) is 44.2 Å². The second-order valence-electron chi connectivity index (χ2n) is 6.13. The molecule has 0 spiro atoms. The maximum absolute atomic E-state index is 12.4. The van der Waals surface area contributed by atoms with Crippen molar-refractivity contribution in [3.8, 4) is 0 Å². The van der Waals surface area contributed by atoms with Crippen LogP contribution in [0.4, 0.5) is 5.69 Å². The summed E-state index contributed by atoms with van der Waals surface area (Å²) < 4.78 is 11.4. The van der Waals surface area contributed by atoms with E-state index in [-0.39, 0.29) is 22.8 Å². The summed E-state index contributed by atoms with van der Waals surface area (Å²) in [6.45, 7) is 0. The van der Waals surface area contributed by atoms with E-state index >= 15 is 0 Å². The molecule has 2 N–H and O–H groups in total. The summed E-state index contributed by atoms with van der Waals surface area (Å²) in [6, 6.07) is 12.1. The van der Waals surface area contributed by atoms with Gasteiger partial charge in [0, 0.05) is 5.69 Å². The normalized spacial score (nSPS) is 10.6. The van der Waals surface area contributed by atoms with E-state index in [0.717, 1.165) is 16.2 Å². The number of hydrogen-bond acceptors (Lipinski definition) is 6. The lowest BCUT2D eigenvalue weighted by atomic mass is 10.1. The highest BCUT2D eigenvalue weighted by atomic mass is 32.2. The average Bonchev–Trinajstić information content (AvgIpc) is 3.06. The molecular weight excluding hydrogens is 394 g/mol. The number of methoxy groups -OCH3 is 2. The number of thioether (sulfide) groups is 1. The van der Waals surface area contributed by atoms with Crippen LogP contribution in [0.15, 0.2) is 47.6 Å². The van der Waals surface area contributed by atoms with Gasteiger partial charge in [0.25, 0.3) is 0 Å². The number of carbonyl (C=O) groups is 3. The molecule has 0 aliphatic carbocycles. The van der Waals surface area contributed by atoms with Crippen LogP contribution in [-0.4, -0.2) is 42.8 Å². The molecule has 0 bridgehead atoms. The van der Waals surface area contributed by atoms with Gasteiger partial charge in [-0.2, -0.15) is 0 Å². The van der Waals surface area contributed by atoms with Crippen molar-refractivity contribution >= 4 is 46.3 Å². The minimum atomic E-state index is -0.620. The Morgan fingerprint density at radius 1 is 1.03 bits per heavy atom. The monoisotopic (exact) mass is 414 g/mol. The van der Waals surface area contributed by atoms with Crippen LogP contribution in [0.5, 0.6) is 0 Å². The molecule has 0 aliphatic heterocycles. The predicted molar refractivity (Wildman–Crippen MR) is 108 cm³/mol. The molecule has 1 heterocycles. The first kappa shape index (κ1) is 20.4. The van der Waals surface area contributed by atoms with Crippen LogP contribution >= 0.6 is 11.8 Å². The highest BCUT2D eigenvalue weighted by molar-refractivity contribution is 7.99. The van der Waals surface area contributed by atoms with E-state index in [1.807, 2.05) is 35.9 Å². The molecule has 0 saturated heterocycles. The minimum absolute atomic E-state index is 0.136. The fraction of sp³-hybridized carbons (Fsp3) is 0.200. The predicted octanol–water partition coefficient (Wildman–Crippen LogP) is 2.30. The van der Waals surface area contributed by atoms with Gasteiger partial charge in [-0.1, -0.05) is 12.1 Å². The summed E-state index contributed by atoms with van der Waals surface area (Å²) in [6.07, 6.45) is 0. The molecule has 0 atom stereocenters. The zero-order chi connectivity index (χ0) is 21.0. The Kier molecular flexibility index (Phi) is 6.18. The number of benzene rings is 2. The second kappa shape index (κ2) is 8.78. The molecule has 3 aromatic rings. The molecule has 0 radical (unpaired) electrons. The van der Waals surface area contributed by atoms with Gasteiger partial charge in [0.05, 0.1) is 38.1 Å². The zero-order valence-electron chi connectivity index (χ0n) is 16.1. The van der Waals surface area contributed by atoms with Crippen LogP contribution in [0.3, 0.4) is 0 Å². The fourth-order valence-corrected chi connectivity index (χ4v) is 3.63. The molecule has 2 aromatic carbocycles. The summed E-state index contributed by atoms with van der Waals surface area (Å²) in [4.78, 5) is 39.4. The molecule has 8 nitrogen and oxygen atoms in total. The molecule has 1 aromatic heterocycles. The Bertz CT molecular complexity index is 1060. The van der Waals surface area contributed by atoms with E-state index in [1.54, 1.807) is 0 Å². The van der Waals surface area contributed by atoms with Gasteiger partial charge in [0.2, 0.25) is 5.91 Å². The summed E-state index contributed by atoms with van der Waals surface area (Å²) in [5.41, 5.74) is 2.59. The number of aromatic nitrogens is 2. The first-order chi connectivity index (χ1) is 13.9. The lowest BCUT2D eigenvalue weighted by Crippen LogP contribution is -2.29. The topological polar surface area (TPSA) is 101 Å². The van der Waals surface area contributed by atoms with E-state index < -0.39 is 11.9 Å². The maximum atomic E-state index is 12.4. The third kappa shape index (κ3) is 4.57. The fourth-order valence-electron chi connectivity index (χ4n) is 2.82. The van der Waals surface area contributed by atoms with E-state index in [4.69, 9.17) is 9.47 Å². The van der Waals surface area contributed by atoms with Gasteiger partial charge < -0.3 is 14.8 Å². The molecule has 150 valence electrons. The molecule has 1 amide bonds. The van der Waals surface area contributed by atoms with Crippen molar-refractivity contribution in [2.24, 2.45) is 7.05 Å². The molecule has 0 fully saturated rings. The first-order valence-electron chi connectivity index (χ1n) is 8.64. The molecule has 9 heteroatoms. The number of imidazole rings is 1. The first-order valence-corrected chi connectivity index (χ1v) is 9.62. The molecule has 3 rings (SSSR count). The summed E-state index contributed by atoms with van der Waals surface area (Å²) in [5, 5.41) is 3.54. The highest BCUT2D eigenvalue weighted by Crippen LogP contribution is 2.20. The number of rotatable bonds is 6. The standard InChI is InChI=1S/C20H19N3O5S/c1-23-16-7-5-4-6-15(16)22-20(23)29-11-17(24)21-14-9-12(18(25)27-2)8-13(10-14)19(26)28-3/h4-10H,11H2,1-3H3,(H,21,24)/p+1. The lowest BCUT2D eigenvalue weighted by molar-refractivity contribution is -0.683. The number of anilines is 1. The van der Waals surface area contributed by atoms with Gasteiger partial charge >= 0.3 is 17.1 Å². The lowest BCUT2D eigenvalue weighted by Gasteiger charge is -2.09. The second-order valence-corrected chi connectivity index (χ2v) is 7.09. The SMILES string of the molecule is COC(=O)c1cc(NC(=O)CSc2[nH]c3ccccc3[n+]2C)cc(C(=O)OC)c1. The van der Waals surface area contributed by atoms with Crippen molar-refractivity contribution in [1.82, 2.24) is 4.98 Å². The number of aromatic amines is 1. The largest absolute Gasteiger partial charge is 0.465 e. The Morgan fingerprint density at radius 3 is 2.24 bits per heavy atom. The number of aryl methyl sites for hydroxylation is 1. The smallest absolute Gasteiger partial charge is 0.337 e. The number of para-hydroxylation sites is 2. The summed E-state index contributed by atoms with van der Waals surface area (Å²) in [5.74, 6) is -1.39. The average molecular weight is 414 g/mol. The number of hydrogen-bond donors (Lipinski definition) is 2. The van der Waals surface area contributed by atoms with Crippen LogP contribution < -0.4 is 9.88 Å². The number of nitrogens with zero attached hydrogens (tertiary/aromatic N) is 1. The quantitative estimate of drug-likeness (QED) is 0.365. The van der Waals surface area contributed by atoms with Crippen LogP contribution in [0.1, 0.15) is 20.7 Å². The third-order valence-corrected chi connectivity index (χ3v) is 5.27. The van der Waals surface area contributed by atoms with E-state index in [0.29, 0.717) is 5.69 Å². The number of amides is 1. The number of carbonyl (C=O) groups excluding carboxylic acids is 3. The van der Waals surface area contributed by atoms with Crippen molar-refractivity contribution in [2.75, 3.05) is 25.3 Å². The molecule has 29 heavy (non-hydrogen) atoms. The van der Waals surface area contributed by atoms with Gasteiger partial charge in [0.15, 0.2) is 11.0 Å². The number of ether oxygens (including phenoxy) is 2. The third-order valence-electron chi connectivity index (χ3n) is 4.21. The Labute approximate surface area is 171 Å². The Morgan fingerprint density at radius 2 is 1.66 bits per heavy atom. The molecular formula is C20H20N3O5S+. The molecule has 0 unspecified atom stereocenters. The Balaban J connectivity index is 1.74. The van der Waals surface area contributed by atoms with Crippen molar-refractivity contribution in [3.05, 3.63) is 53.6 Å². The summed E-state index contributed by atoms with van der Waals surface area (Å²) >= 11 is 1.34. The van der Waals surface area contributed by atoms with E-state index in [9.17, 15) is 14.4 Å².